The number of ether oxygens (including phenoxy) is 1. The zero-order valence-corrected chi connectivity index (χ0v) is 15.6. The summed E-state index contributed by atoms with van der Waals surface area (Å²) in [5, 5.41) is 0.250. The van der Waals surface area contributed by atoms with Crippen molar-refractivity contribution in [2.45, 2.75) is 32.1 Å². The molecule has 1 atom stereocenters. The quantitative estimate of drug-likeness (QED) is 0.801. The van der Waals surface area contributed by atoms with Crippen molar-refractivity contribution in [3.05, 3.63) is 53.6 Å². The van der Waals surface area contributed by atoms with E-state index in [0.717, 1.165) is 11.1 Å². The van der Waals surface area contributed by atoms with E-state index in [9.17, 15) is 8.42 Å². The van der Waals surface area contributed by atoms with Gasteiger partial charge in [0.25, 0.3) is 0 Å². The summed E-state index contributed by atoms with van der Waals surface area (Å²) < 4.78 is 31.8. The average Bonchev–Trinajstić information content (AvgIpc) is 2.54. The third-order valence-corrected chi connectivity index (χ3v) is 5.62. The van der Waals surface area contributed by atoms with Crippen LogP contribution in [0, 0.1) is 0 Å². The first kappa shape index (κ1) is 18.8. The lowest BCUT2D eigenvalue weighted by Crippen LogP contribution is -2.37. The summed E-state index contributed by atoms with van der Waals surface area (Å²) in [5.41, 5.74) is 2.14. The molecule has 2 rings (SSSR count). The SMILES string of the molecule is CC(CNS(=O)(=O)C(C)C)Oc1ccc(-c2ccc(Cl)cc2)cc1. The van der Waals surface area contributed by atoms with Gasteiger partial charge in [0.2, 0.25) is 10.0 Å². The van der Waals surface area contributed by atoms with Crippen molar-refractivity contribution in [2.24, 2.45) is 0 Å². The van der Waals surface area contributed by atoms with Crippen molar-refractivity contribution in [3.8, 4) is 16.9 Å². The van der Waals surface area contributed by atoms with Crippen LogP contribution >= 0.6 is 11.6 Å². The van der Waals surface area contributed by atoms with Gasteiger partial charge in [0.15, 0.2) is 0 Å². The second-order valence-electron chi connectivity index (χ2n) is 5.90. The Morgan fingerprint density at radius 3 is 1.96 bits per heavy atom. The van der Waals surface area contributed by atoms with Crippen LogP contribution in [-0.4, -0.2) is 26.3 Å². The molecule has 0 heterocycles. The largest absolute Gasteiger partial charge is 0.489 e. The Bertz CT molecular complexity index is 756. The number of halogens is 1. The van der Waals surface area contributed by atoms with Crippen molar-refractivity contribution >= 4 is 21.6 Å². The molecule has 130 valence electrons. The molecule has 0 aliphatic carbocycles. The predicted octanol–water partition coefficient (Wildman–Crippen LogP) is 4.10. The molecule has 24 heavy (non-hydrogen) atoms. The van der Waals surface area contributed by atoms with E-state index in [0.29, 0.717) is 10.8 Å². The van der Waals surface area contributed by atoms with Gasteiger partial charge < -0.3 is 4.74 Å². The molecule has 2 aromatic carbocycles. The highest BCUT2D eigenvalue weighted by Crippen LogP contribution is 2.24. The molecule has 0 bridgehead atoms. The second kappa shape index (κ2) is 8.01. The zero-order valence-electron chi connectivity index (χ0n) is 14.0. The Kier molecular flexibility index (Phi) is 6.27. The molecule has 0 radical (unpaired) electrons. The summed E-state index contributed by atoms with van der Waals surface area (Å²) in [5.74, 6) is 0.698. The highest BCUT2D eigenvalue weighted by molar-refractivity contribution is 7.90. The lowest BCUT2D eigenvalue weighted by atomic mass is 10.1. The van der Waals surface area contributed by atoms with E-state index >= 15 is 0 Å². The minimum Gasteiger partial charge on any atom is -0.489 e. The Labute approximate surface area is 148 Å². The van der Waals surface area contributed by atoms with Crippen molar-refractivity contribution in [1.29, 1.82) is 0 Å². The number of hydrogen-bond donors (Lipinski definition) is 1. The van der Waals surface area contributed by atoms with Crippen LogP contribution in [0.25, 0.3) is 11.1 Å². The fourth-order valence-corrected chi connectivity index (χ4v) is 2.97. The Hall–Kier alpha value is -1.56. The fraction of sp³-hybridized carbons (Fsp3) is 0.333. The molecule has 0 saturated carbocycles. The molecule has 6 heteroatoms. The van der Waals surface area contributed by atoms with Gasteiger partial charge in [-0.2, -0.15) is 0 Å². The third-order valence-electron chi connectivity index (χ3n) is 3.56. The molecule has 0 amide bonds. The van der Waals surface area contributed by atoms with Crippen molar-refractivity contribution < 1.29 is 13.2 Å². The molecular weight excluding hydrogens is 346 g/mol. The first-order chi connectivity index (χ1) is 11.3. The van der Waals surface area contributed by atoms with Gasteiger partial charge in [-0.25, -0.2) is 13.1 Å². The van der Waals surface area contributed by atoms with E-state index in [1.807, 2.05) is 55.5 Å². The first-order valence-corrected chi connectivity index (χ1v) is 9.71. The van der Waals surface area contributed by atoms with E-state index in [2.05, 4.69) is 4.72 Å². The summed E-state index contributed by atoms with van der Waals surface area (Å²) in [6, 6.07) is 15.3. The highest BCUT2D eigenvalue weighted by atomic mass is 35.5. The van der Waals surface area contributed by atoms with Crippen LogP contribution in [0.5, 0.6) is 5.75 Å². The summed E-state index contributed by atoms with van der Waals surface area (Å²) in [7, 11) is -3.27. The fourth-order valence-electron chi connectivity index (χ4n) is 2.04. The van der Waals surface area contributed by atoms with Crippen LogP contribution in [0.2, 0.25) is 5.02 Å². The van der Waals surface area contributed by atoms with E-state index in [4.69, 9.17) is 16.3 Å². The maximum absolute atomic E-state index is 11.7. The molecule has 4 nitrogen and oxygen atoms in total. The number of benzene rings is 2. The van der Waals surface area contributed by atoms with E-state index in [-0.39, 0.29) is 12.6 Å². The third kappa shape index (κ3) is 5.23. The van der Waals surface area contributed by atoms with Crippen molar-refractivity contribution in [3.63, 3.8) is 0 Å². The van der Waals surface area contributed by atoms with Crippen LogP contribution < -0.4 is 9.46 Å². The monoisotopic (exact) mass is 367 g/mol. The van der Waals surface area contributed by atoms with Gasteiger partial charge >= 0.3 is 0 Å². The molecular formula is C18H22ClNO3S. The van der Waals surface area contributed by atoms with Crippen molar-refractivity contribution in [1.82, 2.24) is 4.72 Å². The molecule has 1 N–H and O–H groups in total. The lowest BCUT2D eigenvalue weighted by Gasteiger charge is -2.17. The maximum atomic E-state index is 11.7. The molecule has 0 saturated heterocycles. The maximum Gasteiger partial charge on any atom is 0.214 e. The summed E-state index contributed by atoms with van der Waals surface area (Å²) >= 11 is 5.89. The van der Waals surface area contributed by atoms with Gasteiger partial charge in [0.1, 0.15) is 11.9 Å². The smallest absolute Gasteiger partial charge is 0.214 e. The van der Waals surface area contributed by atoms with Gasteiger partial charge in [-0.05, 0) is 56.2 Å². The summed E-state index contributed by atoms with van der Waals surface area (Å²) in [6.45, 7) is 5.35. The van der Waals surface area contributed by atoms with Crippen LogP contribution in [0.4, 0.5) is 0 Å². The summed E-state index contributed by atoms with van der Waals surface area (Å²) in [4.78, 5) is 0. The highest BCUT2D eigenvalue weighted by Gasteiger charge is 2.16. The number of nitrogens with one attached hydrogen (secondary N) is 1. The molecule has 0 aromatic heterocycles. The number of sulfonamides is 1. The van der Waals surface area contributed by atoms with Gasteiger partial charge in [0.05, 0.1) is 5.25 Å². The minimum atomic E-state index is -3.27. The predicted molar refractivity (Wildman–Crippen MR) is 99.0 cm³/mol. The van der Waals surface area contributed by atoms with Crippen LogP contribution in [0.15, 0.2) is 48.5 Å². The van der Waals surface area contributed by atoms with Gasteiger partial charge in [-0.15, -0.1) is 0 Å². The molecule has 0 aliphatic rings. The Morgan fingerprint density at radius 1 is 0.958 bits per heavy atom. The minimum absolute atomic E-state index is 0.236. The van der Waals surface area contributed by atoms with E-state index < -0.39 is 15.3 Å². The average molecular weight is 368 g/mol. The molecule has 0 fully saturated rings. The van der Waals surface area contributed by atoms with Gasteiger partial charge in [-0.3, -0.25) is 0 Å². The number of hydrogen-bond acceptors (Lipinski definition) is 3. The Morgan fingerprint density at radius 2 is 1.46 bits per heavy atom. The van der Waals surface area contributed by atoms with E-state index in [1.54, 1.807) is 13.8 Å². The van der Waals surface area contributed by atoms with Crippen LogP contribution in [-0.2, 0) is 10.0 Å². The molecule has 1 unspecified atom stereocenters. The molecule has 0 spiro atoms. The van der Waals surface area contributed by atoms with Gasteiger partial charge in [-0.1, -0.05) is 35.9 Å². The molecule has 0 aliphatic heterocycles. The van der Waals surface area contributed by atoms with Crippen LogP contribution in [0.3, 0.4) is 0 Å². The van der Waals surface area contributed by atoms with Gasteiger partial charge in [0, 0.05) is 11.6 Å². The Balaban J connectivity index is 1.95. The topological polar surface area (TPSA) is 55.4 Å². The zero-order chi connectivity index (χ0) is 17.7. The second-order valence-corrected chi connectivity index (χ2v) is 8.66. The summed E-state index contributed by atoms with van der Waals surface area (Å²) in [6.07, 6.45) is -0.264. The first-order valence-electron chi connectivity index (χ1n) is 7.79. The van der Waals surface area contributed by atoms with E-state index in [1.165, 1.54) is 0 Å². The molecule has 2 aromatic rings. The van der Waals surface area contributed by atoms with Crippen LogP contribution in [0.1, 0.15) is 20.8 Å². The normalized spacial score (nSPS) is 13.0. The van der Waals surface area contributed by atoms with Crippen molar-refractivity contribution in [2.75, 3.05) is 6.54 Å². The number of rotatable bonds is 7. The standard InChI is InChI=1S/C18H22ClNO3S/c1-13(2)24(21,22)20-12-14(3)23-18-10-6-16(7-11-18)15-4-8-17(19)9-5-15/h4-11,13-14,20H,12H2,1-3H3. The lowest BCUT2D eigenvalue weighted by molar-refractivity contribution is 0.225.